The van der Waals surface area contributed by atoms with Crippen molar-refractivity contribution in [1.29, 1.82) is 0 Å². The lowest BCUT2D eigenvalue weighted by Crippen LogP contribution is -2.01. The summed E-state index contributed by atoms with van der Waals surface area (Å²) in [5.41, 5.74) is 1.97. The van der Waals surface area contributed by atoms with Crippen molar-refractivity contribution in [2.24, 2.45) is 0 Å². The molecule has 0 fully saturated rings. The van der Waals surface area contributed by atoms with Gasteiger partial charge in [0.2, 0.25) is 5.89 Å². The standard InChI is InChI=1S/C13H16N2O2/c1-4-11-12(6-5-9(2)15-11)16-8-13-14-7-10(3)17-13/h5-7H,4,8H2,1-3H3. The molecule has 0 unspecified atom stereocenters. The van der Waals surface area contributed by atoms with E-state index in [9.17, 15) is 0 Å². The van der Waals surface area contributed by atoms with Gasteiger partial charge in [0.15, 0.2) is 6.61 Å². The summed E-state index contributed by atoms with van der Waals surface area (Å²) in [6.45, 7) is 6.23. The van der Waals surface area contributed by atoms with Crippen LogP contribution in [0.25, 0.3) is 0 Å². The molecular weight excluding hydrogens is 216 g/mol. The molecule has 2 heterocycles. The first-order chi connectivity index (χ1) is 8.19. The van der Waals surface area contributed by atoms with Crippen molar-refractivity contribution in [2.45, 2.75) is 33.8 Å². The minimum Gasteiger partial charge on any atom is -0.482 e. The third-order valence-electron chi connectivity index (χ3n) is 2.43. The van der Waals surface area contributed by atoms with E-state index in [1.165, 1.54) is 0 Å². The van der Waals surface area contributed by atoms with Gasteiger partial charge in [-0.25, -0.2) is 4.98 Å². The van der Waals surface area contributed by atoms with Crippen LogP contribution in [0.15, 0.2) is 22.7 Å². The summed E-state index contributed by atoms with van der Waals surface area (Å²) in [6, 6.07) is 3.88. The fraction of sp³-hybridized carbons (Fsp3) is 0.385. The molecular formula is C13H16N2O2. The Labute approximate surface area is 101 Å². The zero-order valence-corrected chi connectivity index (χ0v) is 10.4. The molecule has 17 heavy (non-hydrogen) atoms. The van der Waals surface area contributed by atoms with Crippen molar-refractivity contribution in [3.05, 3.63) is 41.4 Å². The topological polar surface area (TPSA) is 48.2 Å². The lowest BCUT2D eigenvalue weighted by Gasteiger charge is -2.08. The van der Waals surface area contributed by atoms with E-state index in [1.54, 1.807) is 6.20 Å². The van der Waals surface area contributed by atoms with Crippen molar-refractivity contribution in [1.82, 2.24) is 9.97 Å². The minimum atomic E-state index is 0.339. The van der Waals surface area contributed by atoms with Crippen LogP contribution in [0.4, 0.5) is 0 Å². The molecule has 0 atom stereocenters. The maximum absolute atomic E-state index is 5.66. The van der Waals surface area contributed by atoms with Gasteiger partial charge >= 0.3 is 0 Å². The summed E-state index contributed by atoms with van der Waals surface area (Å²) in [7, 11) is 0. The van der Waals surface area contributed by atoms with Gasteiger partial charge in [-0.2, -0.15) is 0 Å². The molecule has 0 aliphatic carbocycles. The van der Waals surface area contributed by atoms with Gasteiger partial charge in [0.1, 0.15) is 11.5 Å². The van der Waals surface area contributed by atoms with Crippen molar-refractivity contribution in [3.8, 4) is 5.75 Å². The molecule has 0 N–H and O–H groups in total. The van der Waals surface area contributed by atoms with E-state index in [4.69, 9.17) is 9.15 Å². The number of ether oxygens (including phenoxy) is 1. The highest BCUT2D eigenvalue weighted by Gasteiger charge is 2.06. The van der Waals surface area contributed by atoms with Crippen LogP contribution in [-0.4, -0.2) is 9.97 Å². The molecule has 0 spiro atoms. The third-order valence-corrected chi connectivity index (χ3v) is 2.43. The quantitative estimate of drug-likeness (QED) is 0.813. The monoisotopic (exact) mass is 232 g/mol. The molecule has 0 aliphatic heterocycles. The summed E-state index contributed by atoms with van der Waals surface area (Å²) in [5.74, 6) is 2.18. The summed E-state index contributed by atoms with van der Waals surface area (Å²) in [5, 5.41) is 0. The fourth-order valence-corrected chi connectivity index (χ4v) is 1.59. The Bertz CT molecular complexity index is 506. The van der Waals surface area contributed by atoms with Crippen LogP contribution >= 0.6 is 0 Å². The van der Waals surface area contributed by atoms with Crippen LogP contribution in [0.1, 0.15) is 30.0 Å². The highest BCUT2D eigenvalue weighted by Crippen LogP contribution is 2.18. The zero-order valence-electron chi connectivity index (χ0n) is 10.4. The second kappa shape index (κ2) is 4.99. The van der Waals surface area contributed by atoms with Gasteiger partial charge in [0, 0.05) is 5.69 Å². The van der Waals surface area contributed by atoms with Crippen LogP contribution in [0.5, 0.6) is 5.75 Å². The predicted molar refractivity (Wildman–Crippen MR) is 63.9 cm³/mol. The van der Waals surface area contributed by atoms with Crippen molar-refractivity contribution in [2.75, 3.05) is 0 Å². The zero-order chi connectivity index (χ0) is 12.3. The van der Waals surface area contributed by atoms with Crippen LogP contribution in [0, 0.1) is 13.8 Å². The predicted octanol–water partition coefficient (Wildman–Crippen LogP) is 2.83. The Morgan fingerprint density at radius 1 is 1.29 bits per heavy atom. The maximum Gasteiger partial charge on any atom is 0.232 e. The average Bonchev–Trinajstić information content (AvgIpc) is 2.73. The van der Waals surface area contributed by atoms with Gasteiger partial charge in [0.05, 0.1) is 11.9 Å². The smallest absolute Gasteiger partial charge is 0.232 e. The molecule has 0 saturated heterocycles. The van der Waals surface area contributed by atoms with Crippen LogP contribution < -0.4 is 4.74 Å². The molecule has 0 saturated carbocycles. The Balaban J connectivity index is 2.08. The molecule has 4 nitrogen and oxygen atoms in total. The number of hydrogen-bond acceptors (Lipinski definition) is 4. The molecule has 2 aromatic rings. The van der Waals surface area contributed by atoms with Crippen LogP contribution in [0.2, 0.25) is 0 Å². The number of oxazole rings is 1. The summed E-state index contributed by atoms with van der Waals surface area (Å²) in [6.07, 6.45) is 2.54. The molecule has 0 aliphatic rings. The average molecular weight is 232 g/mol. The SMILES string of the molecule is CCc1nc(C)ccc1OCc1ncc(C)o1. The van der Waals surface area contributed by atoms with E-state index >= 15 is 0 Å². The largest absolute Gasteiger partial charge is 0.482 e. The van der Waals surface area contributed by atoms with Gasteiger partial charge in [-0.05, 0) is 32.4 Å². The molecule has 0 bridgehead atoms. The summed E-state index contributed by atoms with van der Waals surface area (Å²) in [4.78, 5) is 8.52. The van der Waals surface area contributed by atoms with Crippen LogP contribution in [-0.2, 0) is 13.0 Å². The van der Waals surface area contributed by atoms with Gasteiger partial charge in [0.25, 0.3) is 0 Å². The summed E-state index contributed by atoms with van der Waals surface area (Å²) < 4.78 is 11.0. The molecule has 90 valence electrons. The van der Waals surface area contributed by atoms with E-state index in [0.717, 1.165) is 29.3 Å². The highest BCUT2D eigenvalue weighted by atomic mass is 16.5. The van der Waals surface area contributed by atoms with E-state index in [1.807, 2.05) is 26.0 Å². The molecule has 0 amide bonds. The van der Waals surface area contributed by atoms with Gasteiger partial charge < -0.3 is 9.15 Å². The number of pyridine rings is 1. The maximum atomic E-state index is 5.66. The number of rotatable bonds is 4. The summed E-state index contributed by atoms with van der Waals surface area (Å²) >= 11 is 0. The second-order valence-electron chi connectivity index (χ2n) is 3.90. The highest BCUT2D eigenvalue weighted by molar-refractivity contribution is 5.29. The van der Waals surface area contributed by atoms with E-state index in [0.29, 0.717) is 12.5 Å². The lowest BCUT2D eigenvalue weighted by atomic mass is 10.2. The first kappa shape index (κ1) is 11.6. The first-order valence-corrected chi connectivity index (χ1v) is 5.69. The Morgan fingerprint density at radius 3 is 2.76 bits per heavy atom. The second-order valence-corrected chi connectivity index (χ2v) is 3.90. The van der Waals surface area contributed by atoms with E-state index in [-0.39, 0.29) is 0 Å². The Kier molecular flexibility index (Phi) is 3.42. The third kappa shape index (κ3) is 2.84. The van der Waals surface area contributed by atoms with Crippen molar-refractivity contribution < 1.29 is 9.15 Å². The molecule has 0 aromatic carbocycles. The first-order valence-electron chi connectivity index (χ1n) is 5.69. The number of hydrogen-bond donors (Lipinski definition) is 0. The van der Waals surface area contributed by atoms with E-state index < -0.39 is 0 Å². The molecule has 4 heteroatoms. The van der Waals surface area contributed by atoms with Gasteiger partial charge in [-0.1, -0.05) is 6.92 Å². The van der Waals surface area contributed by atoms with Crippen LogP contribution in [0.3, 0.4) is 0 Å². The Morgan fingerprint density at radius 2 is 2.12 bits per heavy atom. The van der Waals surface area contributed by atoms with Gasteiger partial charge in [-0.3, -0.25) is 4.98 Å². The fourth-order valence-electron chi connectivity index (χ4n) is 1.59. The molecule has 2 aromatic heterocycles. The minimum absolute atomic E-state index is 0.339. The lowest BCUT2D eigenvalue weighted by molar-refractivity contribution is 0.257. The number of nitrogens with zero attached hydrogens (tertiary/aromatic N) is 2. The van der Waals surface area contributed by atoms with Crippen molar-refractivity contribution >= 4 is 0 Å². The number of aryl methyl sites for hydroxylation is 3. The number of aromatic nitrogens is 2. The van der Waals surface area contributed by atoms with Gasteiger partial charge in [-0.15, -0.1) is 0 Å². The normalized spacial score (nSPS) is 10.5. The molecule has 2 rings (SSSR count). The van der Waals surface area contributed by atoms with E-state index in [2.05, 4.69) is 16.9 Å². The van der Waals surface area contributed by atoms with Crippen molar-refractivity contribution in [3.63, 3.8) is 0 Å². The Hall–Kier alpha value is -1.84. The molecule has 0 radical (unpaired) electrons.